The van der Waals surface area contributed by atoms with Crippen molar-refractivity contribution in [3.8, 4) is 0 Å². The lowest BCUT2D eigenvalue weighted by atomic mass is 9.98. The summed E-state index contributed by atoms with van der Waals surface area (Å²) >= 11 is 0. The Kier molecular flexibility index (Phi) is 4.43. The number of hydrogen-bond acceptors (Lipinski definition) is 3. The van der Waals surface area contributed by atoms with Crippen LogP contribution in [0.25, 0.3) is 0 Å². The molecule has 19 heavy (non-hydrogen) atoms. The molecule has 1 fully saturated rings. The van der Waals surface area contributed by atoms with Crippen molar-refractivity contribution in [1.82, 2.24) is 4.90 Å². The highest BCUT2D eigenvalue weighted by molar-refractivity contribution is 5.94. The van der Waals surface area contributed by atoms with E-state index in [-0.39, 0.29) is 0 Å². The number of carbonyl (C=O) groups is 1. The minimum Gasteiger partial charge on any atom is -0.478 e. The Morgan fingerprint density at radius 2 is 2.32 bits per heavy atom. The average molecular weight is 262 g/mol. The van der Waals surface area contributed by atoms with Gasteiger partial charge in [0.25, 0.3) is 0 Å². The molecular formula is C15H22N2O2. The van der Waals surface area contributed by atoms with Crippen LogP contribution in [0.5, 0.6) is 0 Å². The molecule has 1 aliphatic rings. The highest BCUT2D eigenvalue weighted by Crippen LogP contribution is 2.20. The fourth-order valence-electron chi connectivity index (χ4n) is 2.68. The fourth-order valence-corrected chi connectivity index (χ4v) is 2.68. The van der Waals surface area contributed by atoms with Crippen molar-refractivity contribution >= 4 is 11.7 Å². The van der Waals surface area contributed by atoms with E-state index in [4.69, 9.17) is 0 Å². The van der Waals surface area contributed by atoms with Crippen LogP contribution in [-0.2, 0) is 0 Å². The third kappa shape index (κ3) is 3.70. The minimum absolute atomic E-state index is 0.356. The van der Waals surface area contributed by atoms with Gasteiger partial charge >= 0.3 is 5.97 Å². The van der Waals surface area contributed by atoms with Gasteiger partial charge in [-0.2, -0.15) is 0 Å². The first-order chi connectivity index (χ1) is 9.06. The van der Waals surface area contributed by atoms with Gasteiger partial charge in [-0.05, 0) is 57.0 Å². The van der Waals surface area contributed by atoms with Crippen LogP contribution in [0, 0.1) is 12.8 Å². The SMILES string of the molecule is Cc1ccc(C(=O)O)c(NCC2CCCN(C)C2)c1. The van der Waals surface area contributed by atoms with Crippen LogP contribution in [0.3, 0.4) is 0 Å². The lowest BCUT2D eigenvalue weighted by Gasteiger charge is -2.30. The molecule has 0 amide bonds. The summed E-state index contributed by atoms with van der Waals surface area (Å²) < 4.78 is 0. The van der Waals surface area contributed by atoms with E-state index in [1.54, 1.807) is 6.07 Å². The van der Waals surface area contributed by atoms with Gasteiger partial charge in [0.15, 0.2) is 0 Å². The largest absolute Gasteiger partial charge is 0.478 e. The van der Waals surface area contributed by atoms with Crippen molar-refractivity contribution in [2.24, 2.45) is 5.92 Å². The topological polar surface area (TPSA) is 52.6 Å². The monoisotopic (exact) mass is 262 g/mol. The molecule has 0 radical (unpaired) electrons. The van der Waals surface area contributed by atoms with Crippen LogP contribution in [0.4, 0.5) is 5.69 Å². The number of piperidine rings is 1. The summed E-state index contributed by atoms with van der Waals surface area (Å²) in [7, 11) is 2.14. The van der Waals surface area contributed by atoms with E-state index in [1.165, 1.54) is 19.4 Å². The number of benzene rings is 1. The van der Waals surface area contributed by atoms with E-state index in [9.17, 15) is 9.90 Å². The molecule has 0 bridgehead atoms. The maximum atomic E-state index is 11.2. The Hall–Kier alpha value is -1.55. The van der Waals surface area contributed by atoms with Gasteiger partial charge in [0.1, 0.15) is 0 Å². The van der Waals surface area contributed by atoms with Crippen molar-refractivity contribution in [2.75, 3.05) is 32.0 Å². The summed E-state index contributed by atoms with van der Waals surface area (Å²) in [5, 5.41) is 12.5. The summed E-state index contributed by atoms with van der Waals surface area (Å²) in [6, 6.07) is 5.42. The zero-order chi connectivity index (χ0) is 13.8. The smallest absolute Gasteiger partial charge is 0.337 e. The Labute approximate surface area is 114 Å². The van der Waals surface area contributed by atoms with Crippen molar-refractivity contribution < 1.29 is 9.90 Å². The molecule has 1 aliphatic heterocycles. The number of carboxylic acid groups (broad SMARTS) is 1. The summed E-state index contributed by atoms with van der Waals surface area (Å²) in [6.45, 7) is 5.07. The molecule has 0 aliphatic carbocycles. The second-order valence-electron chi connectivity index (χ2n) is 5.51. The average Bonchev–Trinajstić information content (AvgIpc) is 2.36. The molecule has 0 saturated carbocycles. The predicted octanol–water partition coefficient (Wildman–Crippen LogP) is 2.45. The second-order valence-corrected chi connectivity index (χ2v) is 5.51. The molecule has 1 heterocycles. The summed E-state index contributed by atoms with van der Waals surface area (Å²) in [6.07, 6.45) is 2.44. The second kappa shape index (κ2) is 6.06. The van der Waals surface area contributed by atoms with Crippen molar-refractivity contribution in [3.05, 3.63) is 29.3 Å². The van der Waals surface area contributed by atoms with Gasteiger partial charge in [-0.15, -0.1) is 0 Å². The molecule has 1 unspecified atom stereocenters. The van der Waals surface area contributed by atoms with Crippen molar-refractivity contribution in [2.45, 2.75) is 19.8 Å². The fraction of sp³-hybridized carbons (Fsp3) is 0.533. The van der Waals surface area contributed by atoms with Gasteiger partial charge in [0.2, 0.25) is 0 Å². The minimum atomic E-state index is -0.872. The first-order valence-electron chi connectivity index (χ1n) is 6.82. The molecule has 1 aromatic carbocycles. The zero-order valence-corrected chi connectivity index (χ0v) is 11.6. The van der Waals surface area contributed by atoms with E-state index in [0.29, 0.717) is 11.5 Å². The van der Waals surface area contributed by atoms with Crippen LogP contribution in [0.15, 0.2) is 18.2 Å². The Bertz CT molecular complexity index is 459. The van der Waals surface area contributed by atoms with Gasteiger partial charge in [0.05, 0.1) is 5.56 Å². The molecule has 4 heteroatoms. The van der Waals surface area contributed by atoms with Crippen LogP contribution < -0.4 is 5.32 Å². The number of aromatic carboxylic acids is 1. The molecule has 104 valence electrons. The van der Waals surface area contributed by atoms with Crippen LogP contribution >= 0.6 is 0 Å². The van der Waals surface area contributed by atoms with Gasteiger partial charge in [-0.25, -0.2) is 4.79 Å². The summed E-state index contributed by atoms with van der Waals surface area (Å²) in [5.74, 6) is -0.274. The third-order valence-electron chi connectivity index (χ3n) is 3.71. The highest BCUT2D eigenvalue weighted by atomic mass is 16.4. The van der Waals surface area contributed by atoms with E-state index in [2.05, 4.69) is 17.3 Å². The van der Waals surface area contributed by atoms with E-state index >= 15 is 0 Å². The van der Waals surface area contributed by atoms with Crippen LogP contribution in [0.1, 0.15) is 28.8 Å². The zero-order valence-electron chi connectivity index (χ0n) is 11.6. The summed E-state index contributed by atoms with van der Waals surface area (Å²) in [5.41, 5.74) is 2.17. The van der Waals surface area contributed by atoms with Crippen LogP contribution in [0.2, 0.25) is 0 Å². The molecule has 2 rings (SSSR count). The lowest BCUT2D eigenvalue weighted by Crippen LogP contribution is -2.35. The van der Waals surface area contributed by atoms with Crippen molar-refractivity contribution in [1.29, 1.82) is 0 Å². The molecule has 4 nitrogen and oxygen atoms in total. The number of hydrogen-bond donors (Lipinski definition) is 2. The summed E-state index contributed by atoms with van der Waals surface area (Å²) in [4.78, 5) is 13.5. The molecule has 1 atom stereocenters. The number of nitrogens with one attached hydrogen (secondary N) is 1. The van der Waals surface area contributed by atoms with Crippen molar-refractivity contribution in [3.63, 3.8) is 0 Å². The third-order valence-corrected chi connectivity index (χ3v) is 3.71. The standard InChI is InChI=1S/C15H22N2O2/c1-11-5-6-13(15(18)19)14(8-11)16-9-12-4-3-7-17(2)10-12/h5-6,8,12,16H,3-4,7,9-10H2,1-2H3,(H,18,19). The van der Waals surface area contributed by atoms with Gasteiger partial charge in [-0.1, -0.05) is 6.07 Å². The number of carboxylic acids is 1. The molecular weight excluding hydrogens is 240 g/mol. The molecule has 0 spiro atoms. The maximum Gasteiger partial charge on any atom is 0.337 e. The number of anilines is 1. The Morgan fingerprint density at radius 1 is 1.53 bits per heavy atom. The molecule has 1 saturated heterocycles. The normalized spacial score (nSPS) is 20.2. The predicted molar refractivity (Wildman–Crippen MR) is 76.8 cm³/mol. The molecule has 0 aromatic heterocycles. The van der Waals surface area contributed by atoms with E-state index in [0.717, 1.165) is 24.3 Å². The first-order valence-corrected chi connectivity index (χ1v) is 6.82. The van der Waals surface area contributed by atoms with Gasteiger partial charge in [0, 0.05) is 18.8 Å². The first kappa shape index (κ1) is 13.9. The van der Waals surface area contributed by atoms with Gasteiger partial charge < -0.3 is 15.3 Å². The highest BCUT2D eigenvalue weighted by Gasteiger charge is 2.18. The Morgan fingerprint density at radius 3 is 3.00 bits per heavy atom. The van der Waals surface area contributed by atoms with Crippen LogP contribution in [-0.4, -0.2) is 42.7 Å². The lowest BCUT2D eigenvalue weighted by molar-refractivity contribution is 0.0698. The quantitative estimate of drug-likeness (QED) is 0.875. The van der Waals surface area contributed by atoms with Gasteiger partial charge in [-0.3, -0.25) is 0 Å². The Balaban J connectivity index is 2.02. The number of likely N-dealkylation sites (tertiary alicyclic amines) is 1. The number of rotatable bonds is 4. The maximum absolute atomic E-state index is 11.2. The van der Waals surface area contributed by atoms with E-state index in [1.807, 2.05) is 19.1 Å². The molecule has 1 aromatic rings. The molecule has 2 N–H and O–H groups in total. The number of aryl methyl sites for hydroxylation is 1. The van der Waals surface area contributed by atoms with E-state index < -0.39 is 5.97 Å². The number of nitrogens with zero attached hydrogens (tertiary/aromatic N) is 1.